The van der Waals surface area contributed by atoms with Crippen molar-refractivity contribution >= 4 is 23.3 Å². The van der Waals surface area contributed by atoms with Crippen molar-refractivity contribution in [2.24, 2.45) is 0 Å². The Morgan fingerprint density at radius 2 is 2.15 bits per heavy atom. The third-order valence-corrected chi connectivity index (χ3v) is 4.80. The molecule has 3 aromatic rings. The average Bonchev–Trinajstić information content (AvgIpc) is 3.01. The third kappa shape index (κ3) is 3.65. The van der Waals surface area contributed by atoms with Crippen LogP contribution in [0.15, 0.2) is 35.3 Å². The number of carbonyl (C=O) groups is 1. The van der Waals surface area contributed by atoms with Crippen LogP contribution in [0.1, 0.15) is 39.9 Å². The molecule has 0 saturated heterocycles. The van der Waals surface area contributed by atoms with Crippen molar-refractivity contribution in [2.45, 2.75) is 26.3 Å². The minimum atomic E-state index is -0.400. The zero-order chi connectivity index (χ0) is 18.7. The molecule has 0 bridgehead atoms. The van der Waals surface area contributed by atoms with Gasteiger partial charge in [-0.2, -0.15) is 11.8 Å². The van der Waals surface area contributed by atoms with Crippen LogP contribution in [0.3, 0.4) is 0 Å². The van der Waals surface area contributed by atoms with Gasteiger partial charge >= 0.3 is 0 Å². The third-order valence-electron chi connectivity index (χ3n) is 4.16. The first-order chi connectivity index (χ1) is 12.5. The number of hydrogen-bond donors (Lipinski definition) is 2. The predicted molar refractivity (Wildman–Crippen MR) is 103 cm³/mol. The molecule has 0 radical (unpaired) electrons. The van der Waals surface area contributed by atoms with Crippen LogP contribution in [0.4, 0.5) is 0 Å². The fourth-order valence-electron chi connectivity index (χ4n) is 2.97. The van der Waals surface area contributed by atoms with Gasteiger partial charge in [0.1, 0.15) is 5.56 Å². The fraction of sp³-hybridized carbons (Fsp3) is 0.333. The van der Waals surface area contributed by atoms with Crippen molar-refractivity contribution in [1.29, 1.82) is 0 Å². The van der Waals surface area contributed by atoms with Crippen molar-refractivity contribution in [3.05, 3.63) is 63.5 Å². The smallest absolute Gasteiger partial charge is 0.261 e. The standard InChI is InChI=1S/C18H21N5O2S/c1-11-10-12(2)19-17(24)15(11)18(25)20-13(7-9-26-3)16-22-21-14-6-4-5-8-23(14)16/h4-6,8,10,13H,7,9H2,1-3H3,(H,19,24)(H,20,25)/t13-/m0/s1. The quantitative estimate of drug-likeness (QED) is 0.693. The summed E-state index contributed by atoms with van der Waals surface area (Å²) < 4.78 is 1.86. The summed E-state index contributed by atoms with van der Waals surface area (Å²) >= 11 is 1.69. The second-order valence-electron chi connectivity index (χ2n) is 6.13. The van der Waals surface area contributed by atoms with Crippen LogP contribution in [0.5, 0.6) is 0 Å². The number of aromatic nitrogens is 4. The maximum Gasteiger partial charge on any atom is 0.261 e. The van der Waals surface area contributed by atoms with Crippen LogP contribution < -0.4 is 10.9 Å². The number of H-pyrrole nitrogens is 1. The molecule has 3 aromatic heterocycles. The van der Waals surface area contributed by atoms with Gasteiger partial charge in [0.05, 0.1) is 6.04 Å². The van der Waals surface area contributed by atoms with E-state index in [1.807, 2.05) is 35.1 Å². The topological polar surface area (TPSA) is 92.1 Å². The predicted octanol–water partition coefficient (Wildman–Crippen LogP) is 2.26. The second-order valence-corrected chi connectivity index (χ2v) is 7.12. The van der Waals surface area contributed by atoms with Gasteiger partial charge < -0.3 is 10.3 Å². The summed E-state index contributed by atoms with van der Waals surface area (Å²) in [6, 6.07) is 7.09. The molecule has 1 atom stereocenters. The molecule has 0 saturated carbocycles. The Morgan fingerprint density at radius 1 is 1.35 bits per heavy atom. The number of hydrogen-bond acceptors (Lipinski definition) is 5. The van der Waals surface area contributed by atoms with E-state index in [4.69, 9.17) is 0 Å². The Bertz CT molecular complexity index is 995. The number of fused-ring (bicyclic) bond motifs is 1. The number of rotatable bonds is 6. The molecule has 2 N–H and O–H groups in total. The van der Waals surface area contributed by atoms with Gasteiger partial charge in [0, 0.05) is 11.9 Å². The van der Waals surface area contributed by atoms with Gasteiger partial charge in [0.15, 0.2) is 11.5 Å². The lowest BCUT2D eigenvalue weighted by atomic mass is 10.1. The minimum absolute atomic E-state index is 0.138. The number of nitrogens with zero attached hydrogens (tertiary/aromatic N) is 3. The van der Waals surface area contributed by atoms with Gasteiger partial charge in [-0.15, -0.1) is 10.2 Å². The second kappa shape index (κ2) is 7.74. The first-order valence-corrected chi connectivity index (χ1v) is 9.70. The van der Waals surface area contributed by atoms with Crippen molar-refractivity contribution in [3.63, 3.8) is 0 Å². The SMILES string of the molecule is CSCC[C@H](NC(=O)c1c(C)cc(C)[nH]c1=O)c1nnc2ccccn12. The Morgan fingerprint density at radius 3 is 2.88 bits per heavy atom. The molecule has 0 fully saturated rings. The zero-order valence-corrected chi connectivity index (χ0v) is 15.8. The summed E-state index contributed by atoms with van der Waals surface area (Å²) in [6.45, 7) is 3.56. The van der Waals surface area contributed by atoms with Gasteiger partial charge in [-0.1, -0.05) is 6.07 Å². The lowest BCUT2D eigenvalue weighted by Gasteiger charge is -2.17. The Kier molecular flexibility index (Phi) is 5.41. The molecule has 0 aliphatic rings. The Labute approximate surface area is 155 Å². The molecule has 136 valence electrons. The first kappa shape index (κ1) is 18.2. The van der Waals surface area contributed by atoms with E-state index in [-0.39, 0.29) is 17.2 Å². The van der Waals surface area contributed by atoms with E-state index in [0.29, 0.717) is 17.8 Å². The number of carbonyl (C=O) groups excluding carboxylic acids is 1. The van der Waals surface area contributed by atoms with Crippen molar-refractivity contribution in [1.82, 2.24) is 24.9 Å². The van der Waals surface area contributed by atoms with E-state index in [1.165, 1.54) is 0 Å². The molecule has 3 rings (SSSR count). The number of aromatic amines is 1. The van der Waals surface area contributed by atoms with Crippen molar-refractivity contribution in [2.75, 3.05) is 12.0 Å². The number of amides is 1. The molecule has 0 aliphatic heterocycles. The van der Waals surface area contributed by atoms with Crippen molar-refractivity contribution in [3.8, 4) is 0 Å². The van der Waals surface area contributed by atoms with Gasteiger partial charge in [-0.05, 0) is 56.0 Å². The molecule has 0 aromatic carbocycles. The maximum absolute atomic E-state index is 12.8. The summed E-state index contributed by atoms with van der Waals surface area (Å²) in [5, 5.41) is 11.4. The highest BCUT2D eigenvalue weighted by Gasteiger charge is 2.23. The molecule has 26 heavy (non-hydrogen) atoms. The number of nitrogens with one attached hydrogen (secondary N) is 2. The zero-order valence-electron chi connectivity index (χ0n) is 14.9. The van der Waals surface area contributed by atoms with E-state index in [0.717, 1.165) is 17.1 Å². The normalized spacial score (nSPS) is 12.3. The molecule has 7 nitrogen and oxygen atoms in total. The van der Waals surface area contributed by atoms with Crippen LogP contribution in [0, 0.1) is 13.8 Å². The fourth-order valence-corrected chi connectivity index (χ4v) is 3.44. The van der Waals surface area contributed by atoms with E-state index < -0.39 is 5.91 Å². The summed E-state index contributed by atoms with van der Waals surface area (Å²) in [7, 11) is 0. The molecular formula is C18H21N5O2S. The molecule has 3 heterocycles. The van der Waals surface area contributed by atoms with Crippen molar-refractivity contribution < 1.29 is 4.79 Å². The number of aryl methyl sites for hydroxylation is 2. The first-order valence-electron chi connectivity index (χ1n) is 8.31. The molecule has 0 aliphatic carbocycles. The molecule has 1 amide bonds. The average molecular weight is 371 g/mol. The summed E-state index contributed by atoms with van der Waals surface area (Å²) in [5.74, 6) is 1.10. The van der Waals surface area contributed by atoms with E-state index in [1.54, 1.807) is 31.7 Å². The maximum atomic E-state index is 12.8. The van der Waals surface area contributed by atoms with Crippen LogP contribution in [0.2, 0.25) is 0 Å². The number of thioether (sulfide) groups is 1. The lowest BCUT2D eigenvalue weighted by Crippen LogP contribution is -2.35. The van der Waals surface area contributed by atoms with Gasteiger partial charge in [0.25, 0.3) is 11.5 Å². The lowest BCUT2D eigenvalue weighted by molar-refractivity contribution is 0.0931. The summed E-state index contributed by atoms with van der Waals surface area (Å²) in [5.41, 5.74) is 1.86. The van der Waals surface area contributed by atoms with E-state index in [9.17, 15) is 9.59 Å². The van der Waals surface area contributed by atoms with Gasteiger partial charge in [0.2, 0.25) is 0 Å². The highest BCUT2D eigenvalue weighted by atomic mass is 32.2. The summed E-state index contributed by atoms with van der Waals surface area (Å²) in [6.07, 6.45) is 4.56. The van der Waals surface area contributed by atoms with Gasteiger partial charge in [-0.3, -0.25) is 14.0 Å². The Balaban J connectivity index is 1.94. The largest absolute Gasteiger partial charge is 0.342 e. The Hall–Kier alpha value is -2.61. The molecular weight excluding hydrogens is 350 g/mol. The molecule has 8 heteroatoms. The highest BCUT2D eigenvalue weighted by molar-refractivity contribution is 7.98. The van der Waals surface area contributed by atoms with E-state index >= 15 is 0 Å². The number of pyridine rings is 2. The van der Waals surface area contributed by atoms with Crippen LogP contribution >= 0.6 is 11.8 Å². The van der Waals surface area contributed by atoms with Gasteiger partial charge in [-0.25, -0.2) is 0 Å². The van der Waals surface area contributed by atoms with Crippen LogP contribution in [-0.4, -0.2) is 37.5 Å². The highest BCUT2D eigenvalue weighted by Crippen LogP contribution is 2.19. The summed E-state index contributed by atoms with van der Waals surface area (Å²) in [4.78, 5) is 27.7. The molecule has 0 spiro atoms. The van der Waals surface area contributed by atoms with E-state index in [2.05, 4.69) is 20.5 Å². The van der Waals surface area contributed by atoms with Crippen LogP contribution in [-0.2, 0) is 0 Å². The monoisotopic (exact) mass is 371 g/mol. The minimum Gasteiger partial charge on any atom is -0.342 e. The molecule has 0 unspecified atom stereocenters. The van der Waals surface area contributed by atoms with Crippen LogP contribution in [0.25, 0.3) is 5.65 Å².